The van der Waals surface area contributed by atoms with Crippen molar-refractivity contribution >= 4 is 23.1 Å². The van der Waals surface area contributed by atoms with Gasteiger partial charge in [0, 0.05) is 50.2 Å². The van der Waals surface area contributed by atoms with Crippen molar-refractivity contribution in [1.82, 2.24) is 29.3 Å². The SMILES string of the molecule is CC(C)(C)OC(=O)N1CCN(Cc2ccc(-n3c(-c4cccnc4N)nc4ccc(-c5ccccc5)nc43)cc2)CC1. The minimum absolute atomic E-state index is 0.242. The van der Waals surface area contributed by atoms with Crippen LogP contribution in [0, 0.1) is 0 Å². The van der Waals surface area contributed by atoms with Crippen LogP contribution in [0.5, 0.6) is 0 Å². The number of carbonyl (C=O) groups is 1. The summed E-state index contributed by atoms with van der Waals surface area (Å²) in [5, 5.41) is 0. The van der Waals surface area contributed by atoms with Crippen molar-refractivity contribution in [2.75, 3.05) is 31.9 Å². The predicted molar refractivity (Wildman–Crippen MR) is 165 cm³/mol. The number of imidazole rings is 1. The number of benzene rings is 2. The Balaban J connectivity index is 1.27. The van der Waals surface area contributed by atoms with Crippen molar-refractivity contribution in [2.45, 2.75) is 32.9 Å². The monoisotopic (exact) mass is 561 g/mol. The summed E-state index contributed by atoms with van der Waals surface area (Å²) >= 11 is 0. The van der Waals surface area contributed by atoms with E-state index in [4.69, 9.17) is 20.4 Å². The number of anilines is 1. The molecule has 0 radical (unpaired) electrons. The number of ether oxygens (including phenoxy) is 1. The quantitative estimate of drug-likeness (QED) is 0.290. The Labute approximate surface area is 245 Å². The molecule has 0 aliphatic carbocycles. The fourth-order valence-corrected chi connectivity index (χ4v) is 5.18. The molecule has 4 heterocycles. The van der Waals surface area contributed by atoms with Crippen LogP contribution in [-0.2, 0) is 11.3 Å². The molecule has 5 aromatic rings. The molecule has 1 aliphatic rings. The van der Waals surface area contributed by atoms with Crippen molar-refractivity contribution < 1.29 is 9.53 Å². The molecule has 1 aliphatic heterocycles. The predicted octanol–water partition coefficient (Wildman–Crippen LogP) is 5.78. The maximum Gasteiger partial charge on any atom is 0.410 e. The highest BCUT2D eigenvalue weighted by atomic mass is 16.6. The van der Waals surface area contributed by atoms with Crippen LogP contribution in [0.25, 0.3) is 39.5 Å². The van der Waals surface area contributed by atoms with Gasteiger partial charge in [0.2, 0.25) is 0 Å². The molecule has 9 heteroatoms. The molecule has 9 nitrogen and oxygen atoms in total. The summed E-state index contributed by atoms with van der Waals surface area (Å²) < 4.78 is 7.59. The van der Waals surface area contributed by atoms with Gasteiger partial charge in [0.1, 0.15) is 16.9 Å². The van der Waals surface area contributed by atoms with E-state index < -0.39 is 5.60 Å². The number of nitrogen functional groups attached to an aromatic ring is 1. The first-order valence-corrected chi connectivity index (χ1v) is 14.2. The number of carbonyl (C=O) groups excluding carboxylic acids is 1. The number of pyridine rings is 2. The van der Waals surface area contributed by atoms with E-state index in [1.165, 1.54) is 5.56 Å². The Kier molecular flexibility index (Phi) is 7.34. The Morgan fingerprint density at radius 2 is 1.62 bits per heavy atom. The lowest BCUT2D eigenvalue weighted by molar-refractivity contribution is 0.0139. The van der Waals surface area contributed by atoms with E-state index in [-0.39, 0.29) is 6.09 Å². The van der Waals surface area contributed by atoms with E-state index in [0.29, 0.717) is 24.7 Å². The molecule has 0 bridgehead atoms. The second-order valence-corrected chi connectivity index (χ2v) is 11.5. The smallest absolute Gasteiger partial charge is 0.410 e. The molecule has 0 atom stereocenters. The molecule has 0 unspecified atom stereocenters. The average Bonchev–Trinajstić information content (AvgIpc) is 3.36. The fourth-order valence-electron chi connectivity index (χ4n) is 5.18. The highest BCUT2D eigenvalue weighted by Gasteiger charge is 2.26. The first-order chi connectivity index (χ1) is 20.2. The third kappa shape index (κ3) is 5.82. The largest absolute Gasteiger partial charge is 0.444 e. The Morgan fingerprint density at radius 3 is 2.31 bits per heavy atom. The van der Waals surface area contributed by atoms with Gasteiger partial charge in [0.05, 0.1) is 11.3 Å². The van der Waals surface area contributed by atoms with E-state index >= 15 is 0 Å². The van der Waals surface area contributed by atoms with Gasteiger partial charge in [-0.15, -0.1) is 0 Å². The minimum atomic E-state index is -0.488. The number of hydrogen-bond acceptors (Lipinski definition) is 7. The van der Waals surface area contributed by atoms with Crippen LogP contribution in [0.3, 0.4) is 0 Å². The Bertz CT molecular complexity index is 1700. The molecule has 0 spiro atoms. The van der Waals surface area contributed by atoms with Crippen LogP contribution in [0.15, 0.2) is 85.1 Å². The number of rotatable bonds is 5. The van der Waals surface area contributed by atoms with E-state index in [2.05, 4.69) is 50.8 Å². The van der Waals surface area contributed by atoms with Gasteiger partial charge >= 0.3 is 6.09 Å². The zero-order chi connectivity index (χ0) is 29.3. The number of fused-ring (bicyclic) bond motifs is 1. The Morgan fingerprint density at radius 1 is 0.881 bits per heavy atom. The average molecular weight is 562 g/mol. The second kappa shape index (κ2) is 11.3. The number of aromatic nitrogens is 4. The Hall–Kier alpha value is -4.76. The molecular formula is C33H35N7O2. The lowest BCUT2D eigenvalue weighted by atomic mass is 10.1. The fraction of sp³-hybridized carbons (Fsp3) is 0.273. The standard InChI is InChI=1S/C33H35N7O2/c1-33(2,3)42-32(41)39-20-18-38(19-21-39)22-23-11-13-25(14-12-23)40-30(26-10-7-17-35-29(26)34)37-28-16-15-27(36-31(28)40)24-8-5-4-6-9-24/h4-17H,18-22H2,1-3H3,(H2,34,35). The number of hydrogen-bond donors (Lipinski definition) is 1. The van der Waals surface area contributed by atoms with Gasteiger partial charge in [-0.25, -0.2) is 19.7 Å². The molecule has 6 rings (SSSR count). The van der Waals surface area contributed by atoms with E-state index in [0.717, 1.165) is 53.3 Å². The van der Waals surface area contributed by atoms with Crippen molar-refractivity contribution in [1.29, 1.82) is 0 Å². The lowest BCUT2D eigenvalue weighted by Gasteiger charge is -2.35. The van der Waals surface area contributed by atoms with Crippen LogP contribution in [-0.4, -0.2) is 67.2 Å². The van der Waals surface area contributed by atoms with Crippen molar-refractivity contribution in [2.24, 2.45) is 0 Å². The zero-order valence-corrected chi connectivity index (χ0v) is 24.2. The summed E-state index contributed by atoms with van der Waals surface area (Å²) in [6.07, 6.45) is 1.44. The van der Waals surface area contributed by atoms with Gasteiger partial charge in [-0.1, -0.05) is 42.5 Å². The highest BCUT2D eigenvalue weighted by molar-refractivity contribution is 5.84. The zero-order valence-electron chi connectivity index (χ0n) is 24.2. The van der Waals surface area contributed by atoms with Crippen LogP contribution in [0.4, 0.5) is 10.6 Å². The lowest BCUT2D eigenvalue weighted by Crippen LogP contribution is -2.49. The molecular weight excluding hydrogens is 526 g/mol. The molecule has 1 saturated heterocycles. The molecule has 2 aromatic carbocycles. The molecule has 214 valence electrons. The number of nitrogens with zero attached hydrogens (tertiary/aromatic N) is 6. The maximum atomic E-state index is 12.4. The summed E-state index contributed by atoms with van der Waals surface area (Å²) in [7, 11) is 0. The van der Waals surface area contributed by atoms with Gasteiger partial charge in [0.25, 0.3) is 0 Å². The topological polar surface area (TPSA) is 102 Å². The van der Waals surface area contributed by atoms with Crippen LogP contribution < -0.4 is 5.73 Å². The molecule has 1 fully saturated rings. The molecule has 2 N–H and O–H groups in total. The third-order valence-corrected chi connectivity index (χ3v) is 7.28. The molecule has 0 saturated carbocycles. The molecule has 3 aromatic heterocycles. The van der Waals surface area contributed by atoms with Gasteiger partial charge in [-0.3, -0.25) is 9.47 Å². The van der Waals surface area contributed by atoms with Crippen molar-refractivity contribution in [3.8, 4) is 28.3 Å². The third-order valence-electron chi connectivity index (χ3n) is 7.28. The summed E-state index contributed by atoms with van der Waals surface area (Å²) in [5.41, 5.74) is 12.1. The molecule has 42 heavy (non-hydrogen) atoms. The van der Waals surface area contributed by atoms with Gasteiger partial charge in [-0.05, 0) is 62.7 Å². The molecule has 1 amide bonds. The van der Waals surface area contributed by atoms with Gasteiger partial charge in [-0.2, -0.15) is 0 Å². The van der Waals surface area contributed by atoms with Crippen molar-refractivity contribution in [3.63, 3.8) is 0 Å². The minimum Gasteiger partial charge on any atom is -0.444 e. The van der Waals surface area contributed by atoms with Gasteiger partial charge in [0.15, 0.2) is 11.5 Å². The first kappa shape index (κ1) is 27.4. The summed E-state index contributed by atoms with van der Waals surface area (Å²) in [5.74, 6) is 1.11. The van der Waals surface area contributed by atoms with E-state index in [9.17, 15) is 4.79 Å². The number of piperazine rings is 1. The number of amides is 1. The normalized spacial score (nSPS) is 14.3. The number of nitrogens with two attached hydrogens (primary N) is 1. The van der Waals surface area contributed by atoms with Crippen molar-refractivity contribution in [3.05, 3.63) is 90.6 Å². The summed E-state index contributed by atoms with van der Waals surface area (Å²) in [4.78, 5) is 30.9. The van der Waals surface area contributed by atoms with Crippen LogP contribution in [0.2, 0.25) is 0 Å². The van der Waals surface area contributed by atoms with Crippen LogP contribution in [0.1, 0.15) is 26.3 Å². The van der Waals surface area contributed by atoms with E-state index in [1.54, 1.807) is 11.1 Å². The summed E-state index contributed by atoms with van der Waals surface area (Å²) in [6, 6.07) is 26.4. The summed E-state index contributed by atoms with van der Waals surface area (Å²) in [6.45, 7) is 9.37. The first-order valence-electron chi connectivity index (χ1n) is 14.2. The second-order valence-electron chi connectivity index (χ2n) is 11.5. The van der Waals surface area contributed by atoms with Crippen LogP contribution >= 0.6 is 0 Å². The van der Waals surface area contributed by atoms with Gasteiger partial charge < -0.3 is 15.4 Å². The maximum absolute atomic E-state index is 12.4. The van der Waals surface area contributed by atoms with E-state index in [1.807, 2.05) is 63.2 Å². The highest BCUT2D eigenvalue weighted by Crippen LogP contribution is 2.32.